The highest BCUT2D eigenvalue weighted by molar-refractivity contribution is 5.80. The topological polar surface area (TPSA) is 96.5 Å². The number of hydrogen-bond acceptors (Lipinski definition) is 4. The molecular weight excluding hydrogens is 382 g/mol. The summed E-state index contributed by atoms with van der Waals surface area (Å²) >= 11 is 0. The molecule has 0 fully saturated rings. The zero-order valence-corrected chi connectivity index (χ0v) is 17.1. The van der Waals surface area contributed by atoms with Crippen LogP contribution in [0.1, 0.15) is 36.8 Å². The van der Waals surface area contributed by atoms with Gasteiger partial charge in [-0.3, -0.25) is 9.59 Å². The highest BCUT2D eigenvalue weighted by Crippen LogP contribution is 2.44. The molecule has 2 aromatic rings. The molecule has 30 heavy (non-hydrogen) atoms. The van der Waals surface area contributed by atoms with E-state index in [0.717, 1.165) is 11.1 Å². The second kappa shape index (κ2) is 10.4. The summed E-state index contributed by atoms with van der Waals surface area (Å²) in [6, 6.07) is 16.3. The smallest absolute Gasteiger partial charge is 0.407 e. The fourth-order valence-corrected chi connectivity index (χ4v) is 3.62. The molecule has 2 aromatic carbocycles. The van der Waals surface area contributed by atoms with E-state index in [-0.39, 0.29) is 50.3 Å². The molecule has 0 radical (unpaired) electrons. The van der Waals surface area contributed by atoms with Crippen molar-refractivity contribution in [3.63, 3.8) is 0 Å². The number of ether oxygens (including phenoxy) is 1. The van der Waals surface area contributed by atoms with Crippen LogP contribution in [0.4, 0.5) is 4.79 Å². The van der Waals surface area contributed by atoms with Crippen LogP contribution in [0.15, 0.2) is 48.5 Å². The maximum atomic E-state index is 12.1. The molecule has 7 heteroatoms. The molecule has 0 unspecified atom stereocenters. The molecule has 3 N–H and O–H groups in total. The van der Waals surface area contributed by atoms with E-state index in [0.29, 0.717) is 6.54 Å². The van der Waals surface area contributed by atoms with Crippen LogP contribution in [0.3, 0.4) is 0 Å². The Morgan fingerprint density at radius 2 is 1.33 bits per heavy atom. The first-order valence-electron chi connectivity index (χ1n) is 10.2. The van der Waals surface area contributed by atoms with Crippen molar-refractivity contribution in [2.24, 2.45) is 0 Å². The van der Waals surface area contributed by atoms with Crippen LogP contribution < -0.4 is 16.0 Å². The van der Waals surface area contributed by atoms with Crippen molar-refractivity contribution in [1.29, 1.82) is 0 Å². The number of nitrogens with one attached hydrogen (secondary N) is 3. The number of carbonyl (C=O) groups excluding carboxylic acids is 3. The van der Waals surface area contributed by atoms with E-state index in [9.17, 15) is 14.4 Å². The molecule has 0 saturated heterocycles. The molecule has 0 aliphatic heterocycles. The van der Waals surface area contributed by atoms with Crippen LogP contribution in [0.25, 0.3) is 11.1 Å². The van der Waals surface area contributed by atoms with E-state index in [4.69, 9.17) is 4.74 Å². The molecule has 3 amide bonds. The maximum absolute atomic E-state index is 12.1. The lowest BCUT2D eigenvalue weighted by Crippen LogP contribution is -2.33. The number of carbonyl (C=O) groups is 3. The van der Waals surface area contributed by atoms with E-state index < -0.39 is 6.09 Å². The van der Waals surface area contributed by atoms with Crippen molar-refractivity contribution in [1.82, 2.24) is 16.0 Å². The molecule has 0 spiro atoms. The van der Waals surface area contributed by atoms with E-state index in [1.165, 1.54) is 11.1 Å². The van der Waals surface area contributed by atoms with Gasteiger partial charge in [-0.05, 0) is 29.2 Å². The minimum Gasteiger partial charge on any atom is -0.449 e. The number of benzene rings is 2. The number of rotatable bonds is 9. The zero-order chi connectivity index (χ0) is 21.3. The average Bonchev–Trinajstić information content (AvgIpc) is 3.06. The highest BCUT2D eigenvalue weighted by atomic mass is 16.5. The summed E-state index contributed by atoms with van der Waals surface area (Å²) in [7, 11) is 0. The number of amides is 3. The van der Waals surface area contributed by atoms with E-state index in [1.54, 1.807) is 0 Å². The van der Waals surface area contributed by atoms with Crippen LogP contribution in [0.2, 0.25) is 0 Å². The van der Waals surface area contributed by atoms with Gasteiger partial charge in [0.1, 0.15) is 6.61 Å². The zero-order valence-electron chi connectivity index (χ0n) is 17.1. The Morgan fingerprint density at radius 1 is 0.800 bits per heavy atom. The highest BCUT2D eigenvalue weighted by Gasteiger charge is 2.28. The quantitative estimate of drug-likeness (QED) is 0.593. The summed E-state index contributed by atoms with van der Waals surface area (Å²) < 4.78 is 5.43. The van der Waals surface area contributed by atoms with Crippen LogP contribution in [-0.2, 0) is 14.3 Å². The van der Waals surface area contributed by atoms with Crippen molar-refractivity contribution in [3.05, 3.63) is 59.7 Å². The van der Waals surface area contributed by atoms with Gasteiger partial charge in [0, 0.05) is 38.4 Å². The van der Waals surface area contributed by atoms with E-state index >= 15 is 0 Å². The average molecular weight is 409 g/mol. The predicted octanol–water partition coefficient (Wildman–Crippen LogP) is 2.56. The van der Waals surface area contributed by atoms with Crippen LogP contribution in [0.5, 0.6) is 0 Å². The van der Waals surface area contributed by atoms with Gasteiger partial charge in [-0.25, -0.2) is 4.79 Å². The van der Waals surface area contributed by atoms with Crippen molar-refractivity contribution < 1.29 is 19.1 Å². The fraction of sp³-hybridized carbons (Fsp3) is 0.348. The third kappa shape index (κ3) is 5.37. The molecule has 3 rings (SSSR count). The Hall–Kier alpha value is -3.35. The van der Waals surface area contributed by atoms with Crippen molar-refractivity contribution in [2.45, 2.75) is 25.7 Å². The summed E-state index contributed by atoms with van der Waals surface area (Å²) in [4.78, 5) is 35.2. The van der Waals surface area contributed by atoms with Crippen molar-refractivity contribution >= 4 is 17.9 Å². The SMILES string of the molecule is CCNC(=O)CCNC(=O)CCNC(=O)OCC1c2ccccc2-c2ccccc21. The van der Waals surface area contributed by atoms with Gasteiger partial charge in [-0.15, -0.1) is 0 Å². The van der Waals surface area contributed by atoms with Gasteiger partial charge in [0.25, 0.3) is 0 Å². The molecule has 0 atom stereocenters. The molecular formula is C23H27N3O4. The fourth-order valence-electron chi connectivity index (χ4n) is 3.62. The standard InChI is InChI=1S/C23H27N3O4/c1-2-24-21(27)11-13-25-22(28)12-14-26-23(29)30-15-20-18-9-5-3-7-16(18)17-8-4-6-10-19(17)20/h3-10,20H,2,11-15H2,1H3,(H,24,27)(H,25,28)(H,26,29). The van der Waals surface area contributed by atoms with E-state index in [2.05, 4.69) is 40.2 Å². The Kier molecular flexibility index (Phi) is 7.43. The second-order valence-electron chi connectivity index (χ2n) is 7.06. The molecule has 7 nitrogen and oxygen atoms in total. The summed E-state index contributed by atoms with van der Waals surface area (Å²) in [5.41, 5.74) is 4.65. The Balaban J connectivity index is 1.40. The minimum absolute atomic E-state index is 0.000663. The van der Waals surface area contributed by atoms with Gasteiger partial charge in [-0.2, -0.15) is 0 Å². The number of fused-ring (bicyclic) bond motifs is 3. The second-order valence-corrected chi connectivity index (χ2v) is 7.06. The molecule has 0 aromatic heterocycles. The third-order valence-corrected chi connectivity index (χ3v) is 5.01. The van der Waals surface area contributed by atoms with Crippen LogP contribution in [0, 0.1) is 0 Å². The Bertz CT molecular complexity index is 867. The molecule has 0 bridgehead atoms. The van der Waals surface area contributed by atoms with Gasteiger partial charge in [0.2, 0.25) is 11.8 Å². The molecule has 158 valence electrons. The van der Waals surface area contributed by atoms with Crippen LogP contribution >= 0.6 is 0 Å². The largest absolute Gasteiger partial charge is 0.449 e. The van der Waals surface area contributed by atoms with E-state index in [1.807, 2.05) is 31.2 Å². The van der Waals surface area contributed by atoms with Gasteiger partial charge >= 0.3 is 6.09 Å². The first-order chi connectivity index (χ1) is 14.6. The lowest BCUT2D eigenvalue weighted by atomic mass is 9.98. The molecule has 1 aliphatic rings. The maximum Gasteiger partial charge on any atom is 0.407 e. The summed E-state index contributed by atoms with van der Waals surface area (Å²) in [6.45, 7) is 3.08. The van der Waals surface area contributed by atoms with Crippen LogP contribution in [-0.4, -0.2) is 44.1 Å². The van der Waals surface area contributed by atoms with Gasteiger partial charge in [-0.1, -0.05) is 48.5 Å². The summed E-state index contributed by atoms with van der Waals surface area (Å²) in [5.74, 6) is -0.325. The molecule has 1 aliphatic carbocycles. The first-order valence-corrected chi connectivity index (χ1v) is 10.2. The third-order valence-electron chi connectivity index (χ3n) is 5.01. The molecule has 0 heterocycles. The molecule has 0 saturated carbocycles. The summed E-state index contributed by atoms with van der Waals surface area (Å²) in [6.07, 6.45) is -0.189. The van der Waals surface area contributed by atoms with Gasteiger partial charge in [0.05, 0.1) is 0 Å². The lowest BCUT2D eigenvalue weighted by Gasteiger charge is -2.14. The van der Waals surface area contributed by atoms with Gasteiger partial charge < -0.3 is 20.7 Å². The lowest BCUT2D eigenvalue weighted by molar-refractivity contribution is -0.122. The summed E-state index contributed by atoms with van der Waals surface area (Å²) in [5, 5.41) is 7.92. The van der Waals surface area contributed by atoms with Crippen molar-refractivity contribution in [2.75, 3.05) is 26.2 Å². The number of hydrogen-bond donors (Lipinski definition) is 3. The Labute approximate surface area is 176 Å². The Morgan fingerprint density at radius 3 is 1.93 bits per heavy atom. The monoisotopic (exact) mass is 409 g/mol. The first kappa shape index (κ1) is 21.4. The normalized spacial score (nSPS) is 11.9. The predicted molar refractivity (Wildman–Crippen MR) is 114 cm³/mol. The number of alkyl carbamates (subject to hydrolysis) is 1. The minimum atomic E-state index is -0.549. The van der Waals surface area contributed by atoms with Crippen molar-refractivity contribution in [3.8, 4) is 11.1 Å². The van der Waals surface area contributed by atoms with Gasteiger partial charge in [0.15, 0.2) is 0 Å².